The molecule has 0 radical (unpaired) electrons. The van der Waals surface area contributed by atoms with Crippen molar-refractivity contribution in [2.24, 2.45) is 0 Å². The highest BCUT2D eigenvalue weighted by Gasteiger charge is 2.30. The molecule has 0 aromatic heterocycles. The van der Waals surface area contributed by atoms with Crippen molar-refractivity contribution in [2.75, 3.05) is 13.2 Å². The molecule has 0 N–H and O–H groups in total. The van der Waals surface area contributed by atoms with Crippen LogP contribution in [0.15, 0.2) is 60.2 Å². The molecule has 0 amide bonds. The van der Waals surface area contributed by atoms with Crippen molar-refractivity contribution in [2.45, 2.75) is 6.92 Å². The lowest BCUT2D eigenvalue weighted by molar-refractivity contribution is -0.140. The van der Waals surface area contributed by atoms with Crippen LogP contribution in [0.2, 0.25) is 0 Å². The zero-order valence-corrected chi connectivity index (χ0v) is 15.7. The fourth-order valence-corrected chi connectivity index (χ4v) is 3.16. The molecule has 0 spiro atoms. The lowest BCUT2D eigenvalue weighted by Crippen LogP contribution is -2.14. The Morgan fingerprint density at radius 3 is 2.21 bits per heavy atom. The number of ether oxygens (including phenoxy) is 2. The first kappa shape index (κ1) is 19.6. The summed E-state index contributed by atoms with van der Waals surface area (Å²) < 4.78 is 10.2. The molecular weight excluding hydrogens is 368 g/mol. The standard InChI is InChI=1S/C23H16N2O4/c1-14(2)22(26)28-10-11-29-23(27)19-9-5-8-18-20(15(12-24)13-25)16-6-3-4-7-17(16)21(18)19/h3-9H,1,10-11H2,2H3. The third-order valence-corrected chi connectivity index (χ3v) is 4.39. The van der Waals surface area contributed by atoms with Crippen LogP contribution >= 0.6 is 0 Å². The quantitative estimate of drug-likeness (QED) is 0.287. The average Bonchev–Trinajstić information content (AvgIpc) is 3.06. The molecule has 0 aliphatic heterocycles. The van der Waals surface area contributed by atoms with Crippen LogP contribution in [-0.4, -0.2) is 25.2 Å². The Kier molecular flexibility index (Phi) is 5.57. The fraction of sp³-hybridized carbons (Fsp3) is 0.130. The van der Waals surface area contributed by atoms with Crippen molar-refractivity contribution in [3.05, 3.63) is 76.9 Å². The van der Waals surface area contributed by atoms with E-state index < -0.39 is 11.9 Å². The molecule has 0 fully saturated rings. The monoisotopic (exact) mass is 384 g/mol. The van der Waals surface area contributed by atoms with Crippen molar-refractivity contribution in [3.8, 4) is 23.3 Å². The van der Waals surface area contributed by atoms with E-state index >= 15 is 0 Å². The van der Waals surface area contributed by atoms with Crippen LogP contribution in [0.1, 0.15) is 28.4 Å². The second-order valence-corrected chi connectivity index (χ2v) is 6.30. The maximum absolute atomic E-state index is 12.7. The first-order valence-corrected chi connectivity index (χ1v) is 8.77. The number of hydrogen-bond donors (Lipinski definition) is 0. The molecule has 2 aromatic rings. The van der Waals surface area contributed by atoms with Gasteiger partial charge in [-0.2, -0.15) is 10.5 Å². The maximum Gasteiger partial charge on any atom is 0.338 e. The van der Waals surface area contributed by atoms with Gasteiger partial charge in [0.05, 0.1) is 5.56 Å². The molecule has 0 bridgehead atoms. The van der Waals surface area contributed by atoms with E-state index in [2.05, 4.69) is 6.58 Å². The van der Waals surface area contributed by atoms with E-state index in [-0.39, 0.29) is 24.4 Å². The van der Waals surface area contributed by atoms with E-state index in [9.17, 15) is 20.1 Å². The number of nitrogens with zero attached hydrogens (tertiary/aromatic N) is 2. The topological polar surface area (TPSA) is 100 Å². The summed E-state index contributed by atoms with van der Waals surface area (Å²) in [6.07, 6.45) is 0. The number of rotatable bonds is 5. The van der Waals surface area contributed by atoms with Crippen LogP contribution in [0.25, 0.3) is 16.7 Å². The summed E-state index contributed by atoms with van der Waals surface area (Å²) in [5.41, 5.74) is 3.78. The lowest BCUT2D eigenvalue weighted by atomic mass is 9.97. The van der Waals surface area contributed by atoms with Gasteiger partial charge in [-0.15, -0.1) is 0 Å². The average molecular weight is 384 g/mol. The Hall–Kier alpha value is -4.16. The number of allylic oxidation sites excluding steroid dienone is 1. The van der Waals surface area contributed by atoms with Crippen molar-refractivity contribution in [1.82, 2.24) is 0 Å². The Morgan fingerprint density at radius 1 is 0.931 bits per heavy atom. The highest BCUT2D eigenvalue weighted by Crippen LogP contribution is 2.47. The number of fused-ring (bicyclic) bond motifs is 3. The van der Waals surface area contributed by atoms with Crippen molar-refractivity contribution < 1.29 is 19.1 Å². The Morgan fingerprint density at radius 2 is 1.55 bits per heavy atom. The number of esters is 2. The normalized spacial score (nSPS) is 10.8. The van der Waals surface area contributed by atoms with Crippen LogP contribution in [0, 0.1) is 22.7 Å². The van der Waals surface area contributed by atoms with E-state index in [1.807, 2.05) is 36.4 Å². The molecule has 6 nitrogen and oxygen atoms in total. The van der Waals surface area contributed by atoms with Gasteiger partial charge in [0.15, 0.2) is 0 Å². The molecule has 3 rings (SSSR count). The van der Waals surface area contributed by atoms with Crippen LogP contribution < -0.4 is 0 Å². The second-order valence-electron chi connectivity index (χ2n) is 6.30. The second kappa shape index (κ2) is 8.24. The Labute approximate surface area is 167 Å². The van der Waals surface area contributed by atoms with Gasteiger partial charge in [0.1, 0.15) is 30.9 Å². The summed E-state index contributed by atoms with van der Waals surface area (Å²) in [5.74, 6) is -1.13. The lowest BCUT2D eigenvalue weighted by Gasteiger charge is -2.10. The Balaban J connectivity index is 1.94. The van der Waals surface area contributed by atoms with Crippen molar-refractivity contribution in [3.63, 3.8) is 0 Å². The number of carbonyl (C=O) groups excluding carboxylic acids is 2. The predicted molar refractivity (Wildman–Crippen MR) is 105 cm³/mol. The van der Waals surface area contributed by atoms with Crippen LogP contribution in [-0.2, 0) is 14.3 Å². The summed E-state index contributed by atoms with van der Waals surface area (Å²) in [5, 5.41) is 18.7. The van der Waals surface area contributed by atoms with Crippen molar-refractivity contribution >= 4 is 17.5 Å². The minimum Gasteiger partial charge on any atom is -0.459 e. The first-order chi connectivity index (χ1) is 14.0. The maximum atomic E-state index is 12.7. The van der Waals surface area contributed by atoms with E-state index in [1.54, 1.807) is 18.2 Å². The molecule has 0 saturated heterocycles. The molecular formula is C23H16N2O4. The van der Waals surface area contributed by atoms with Gasteiger partial charge < -0.3 is 9.47 Å². The summed E-state index contributed by atoms with van der Waals surface area (Å²) in [6.45, 7) is 4.82. The van der Waals surface area contributed by atoms with Gasteiger partial charge in [-0.05, 0) is 29.7 Å². The molecule has 1 aliphatic rings. The van der Waals surface area contributed by atoms with Gasteiger partial charge in [-0.1, -0.05) is 43.0 Å². The molecule has 1 aliphatic carbocycles. The highest BCUT2D eigenvalue weighted by molar-refractivity contribution is 6.10. The highest BCUT2D eigenvalue weighted by atomic mass is 16.6. The SMILES string of the molecule is C=C(C)C(=O)OCCOC(=O)c1cccc2c1-c1ccccc1C2=C(C#N)C#N. The zero-order chi connectivity index (χ0) is 21.0. The molecule has 2 aromatic carbocycles. The third-order valence-electron chi connectivity index (χ3n) is 4.39. The van der Waals surface area contributed by atoms with Gasteiger partial charge in [-0.3, -0.25) is 0 Å². The minimum absolute atomic E-state index is 0.0200. The van der Waals surface area contributed by atoms with Crippen LogP contribution in [0.5, 0.6) is 0 Å². The smallest absolute Gasteiger partial charge is 0.338 e. The van der Waals surface area contributed by atoms with Gasteiger partial charge in [-0.25, -0.2) is 9.59 Å². The van der Waals surface area contributed by atoms with Crippen LogP contribution in [0.3, 0.4) is 0 Å². The van der Waals surface area contributed by atoms with Crippen LogP contribution in [0.4, 0.5) is 0 Å². The summed E-state index contributed by atoms with van der Waals surface area (Å²) in [7, 11) is 0. The van der Waals surface area contributed by atoms with E-state index in [0.717, 1.165) is 11.1 Å². The predicted octanol–water partition coefficient (Wildman–Crippen LogP) is 3.79. The Bertz CT molecular complexity index is 1130. The third kappa shape index (κ3) is 3.65. The van der Waals surface area contributed by atoms with Gasteiger partial charge in [0, 0.05) is 16.7 Å². The zero-order valence-electron chi connectivity index (χ0n) is 15.7. The number of nitriles is 2. The first-order valence-electron chi connectivity index (χ1n) is 8.77. The summed E-state index contributed by atoms with van der Waals surface area (Å²) in [6, 6.07) is 16.2. The molecule has 0 heterocycles. The number of benzene rings is 2. The molecule has 6 heteroatoms. The number of carbonyl (C=O) groups is 2. The van der Waals surface area contributed by atoms with Gasteiger partial charge in [0.25, 0.3) is 0 Å². The summed E-state index contributed by atoms with van der Waals surface area (Å²) in [4.78, 5) is 24.1. The molecule has 0 unspecified atom stereocenters. The fourth-order valence-electron chi connectivity index (χ4n) is 3.16. The molecule has 0 atom stereocenters. The largest absolute Gasteiger partial charge is 0.459 e. The van der Waals surface area contributed by atoms with Gasteiger partial charge in [0.2, 0.25) is 0 Å². The van der Waals surface area contributed by atoms with E-state index in [0.29, 0.717) is 22.3 Å². The molecule has 29 heavy (non-hydrogen) atoms. The van der Waals surface area contributed by atoms with E-state index in [1.165, 1.54) is 6.92 Å². The molecule has 142 valence electrons. The van der Waals surface area contributed by atoms with Crippen molar-refractivity contribution in [1.29, 1.82) is 10.5 Å². The molecule has 0 saturated carbocycles. The van der Waals surface area contributed by atoms with E-state index in [4.69, 9.17) is 9.47 Å². The minimum atomic E-state index is -0.584. The van der Waals surface area contributed by atoms with Gasteiger partial charge >= 0.3 is 11.9 Å². The number of hydrogen-bond acceptors (Lipinski definition) is 6. The summed E-state index contributed by atoms with van der Waals surface area (Å²) >= 11 is 0.